The highest BCUT2D eigenvalue weighted by atomic mass is 35.5. The summed E-state index contributed by atoms with van der Waals surface area (Å²) in [5.41, 5.74) is 0.580. The van der Waals surface area contributed by atoms with Crippen molar-refractivity contribution >= 4 is 29.1 Å². The quantitative estimate of drug-likeness (QED) is 0.773. The maximum Gasteiger partial charge on any atom is 0.246 e. The minimum absolute atomic E-state index is 0.0875. The predicted octanol–water partition coefficient (Wildman–Crippen LogP) is 3.53. The number of benzene rings is 1. The maximum absolute atomic E-state index is 12.4. The largest absolute Gasteiger partial charge is 0.489 e. The molecule has 1 aromatic carbocycles. The van der Waals surface area contributed by atoms with E-state index in [4.69, 9.17) is 21.1 Å². The van der Waals surface area contributed by atoms with E-state index in [9.17, 15) is 9.59 Å². The molecule has 0 radical (unpaired) electrons. The van der Waals surface area contributed by atoms with E-state index in [0.717, 1.165) is 12.8 Å². The van der Waals surface area contributed by atoms with Crippen molar-refractivity contribution in [1.82, 2.24) is 5.32 Å². The third-order valence-electron chi connectivity index (χ3n) is 5.14. The number of hydrogen-bond donors (Lipinski definition) is 2. The van der Waals surface area contributed by atoms with E-state index >= 15 is 0 Å². The van der Waals surface area contributed by atoms with Crippen molar-refractivity contribution in [1.29, 1.82) is 0 Å². The van der Waals surface area contributed by atoms with Crippen molar-refractivity contribution in [2.24, 2.45) is 5.92 Å². The number of carbonyl (C=O) groups excluding carboxylic acids is 2. The van der Waals surface area contributed by atoms with E-state index in [1.165, 1.54) is 12.8 Å². The smallest absolute Gasteiger partial charge is 0.246 e. The molecule has 148 valence electrons. The Morgan fingerprint density at radius 2 is 1.89 bits per heavy atom. The van der Waals surface area contributed by atoms with Crippen LogP contribution in [-0.4, -0.2) is 37.2 Å². The van der Waals surface area contributed by atoms with E-state index in [1.54, 1.807) is 25.1 Å². The fourth-order valence-electron chi connectivity index (χ4n) is 3.47. The molecule has 0 bridgehead atoms. The molecule has 0 aromatic heterocycles. The van der Waals surface area contributed by atoms with E-state index in [0.29, 0.717) is 42.5 Å². The van der Waals surface area contributed by atoms with Crippen LogP contribution in [-0.2, 0) is 14.3 Å². The summed E-state index contributed by atoms with van der Waals surface area (Å²) in [4.78, 5) is 24.6. The molecule has 1 aromatic rings. The van der Waals surface area contributed by atoms with Gasteiger partial charge in [0.1, 0.15) is 11.8 Å². The first-order chi connectivity index (χ1) is 13.0. The van der Waals surface area contributed by atoms with Crippen LogP contribution in [0.5, 0.6) is 5.75 Å². The monoisotopic (exact) mass is 394 g/mol. The van der Waals surface area contributed by atoms with Gasteiger partial charge < -0.3 is 20.1 Å². The summed E-state index contributed by atoms with van der Waals surface area (Å²) >= 11 is 6.30. The number of carbonyl (C=O) groups is 2. The maximum atomic E-state index is 12.4. The molecule has 1 saturated heterocycles. The van der Waals surface area contributed by atoms with E-state index in [2.05, 4.69) is 10.6 Å². The number of rotatable bonds is 6. The van der Waals surface area contributed by atoms with Crippen molar-refractivity contribution in [2.75, 3.05) is 18.5 Å². The average Bonchev–Trinajstić information content (AvgIpc) is 3.17. The Morgan fingerprint density at radius 1 is 1.19 bits per heavy atom. The fourth-order valence-corrected chi connectivity index (χ4v) is 3.69. The van der Waals surface area contributed by atoms with Gasteiger partial charge in [-0.05, 0) is 63.6 Å². The lowest BCUT2D eigenvalue weighted by atomic mass is 9.99. The molecule has 6 nitrogen and oxygen atoms in total. The molecule has 0 unspecified atom stereocenters. The Morgan fingerprint density at radius 3 is 2.56 bits per heavy atom. The van der Waals surface area contributed by atoms with Crippen molar-refractivity contribution in [3.05, 3.63) is 23.2 Å². The Kier molecular flexibility index (Phi) is 6.96. The molecule has 1 atom stereocenters. The van der Waals surface area contributed by atoms with Gasteiger partial charge in [-0.2, -0.15) is 0 Å². The highest BCUT2D eigenvalue weighted by molar-refractivity contribution is 6.32. The summed E-state index contributed by atoms with van der Waals surface area (Å²) in [6.45, 7) is 2.85. The standard InChI is InChI=1S/C20H27ClN2O4/c1-13(22-20(25)14-8-10-26-11-9-14)19(24)23-15-6-7-18(17(21)12-15)27-16-4-2-3-5-16/h6-7,12-14,16H,2-5,8-11H2,1H3,(H,22,25)(H,23,24)/t13-/m0/s1. The molecule has 3 rings (SSSR count). The van der Waals surface area contributed by atoms with Gasteiger partial charge in [0, 0.05) is 24.8 Å². The second-order valence-corrected chi connectivity index (χ2v) is 7.68. The Bertz CT molecular complexity index is 670. The van der Waals surface area contributed by atoms with Crippen LogP contribution in [0.3, 0.4) is 0 Å². The molecule has 1 saturated carbocycles. The Balaban J connectivity index is 1.51. The van der Waals surface area contributed by atoms with Gasteiger partial charge in [0.15, 0.2) is 0 Å². The minimum Gasteiger partial charge on any atom is -0.489 e. The number of anilines is 1. The van der Waals surface area contributed by atoms with Crippen LogP contribution in [0.2, 0.25) is 5.02 Å². The number of nitrogens with one attached hydrogen (secondary N) is 2. The van der Waals surface area contributed by atoms with Gasteiger partial charge in [0.05, 0.1) is 11.1 Å². The third-order valence-corrected chi connectivity index (χ3v) is 5.43. The van der Waals surface area contributed by atoms with Crippen LogP contribution in [0.1, 0.15) is 45.4 Å². The first-order valence-electron chi connectivity index (χ1n) is 9.68. The van der Waals surface area contributed by atoms with Crippen molar-refractivity contribution in [2.45, 2.75) is 57.6 Å². The molecule has 2 aliphatic rings. The summed E-state index contributed by atoms with van der Waals surface area (Å²) in [5, 5.41) is 6.04. The SMILES string of the molecule is C[C@H](NC(=O)C1CCOCC1)C(=O)Nc1ccc(OC2CCCC2)c(Cl)c1. The number of halogens is 1. The topological polar surface area (TPSA) is 76.7 Å². The number of amides is 2. The van der Waals surface area contributed by atoms with E-state index < -0.39 is 6.04 Å². The van der Waals surface area contributed by atoms with Crippen molar-refractivity contribution < 1.29 is 19.1 Å². The van der Waals surface area contributed by atoms with Crippen LogP contribution in [0.4, 0.5) is 5.69 Å². The van der Waals surface area contributed by atoms with E-state index in [1.807, 2.05) is 0 Å². The molecule has 0 spiro atoms. The number of ether oxygens (including phenoxy) is 2. The van der Waals surface area contributed by atoms with Gasteiger partial charge in [0.2, 0.25) is 11.8 Å². The van der Waals surface area contributed by atoms with E-state index in [-0.39, 0.29) is 23.8 Å². The van der Waals surface area contributed by atoms with Gasteiger partial charge >= 0.3 is 0 Å². The summed E-state index contributed by atoms with van der Waals surface area (Å²) in [5.74, 6) is 0.174. The van der Waals surface area contributed by atoms with Crippen molar-refractivity contribution in [3.8, 4) is 5.75 Å². The first-order valence-corrected chi connectivity index (χ1v) is 10.1. The molecule has 7 heteroatoms. The molecule has 1 aliphatic carbocycles. The predicted molar refractivity (Wildman–Crippen MR) is 104 cm³/mol. The second-order valence-electron chi connectivity index (χ2n) is 7.28. The third kappa shape index (κ3) is 5.59. The zero-order chi connectivity index (χ0) is 19.2. The lowest BCUT2D eigenvalue weighted by Gasteiger charge is -2.23. The van der Waals surface area contributed by atoms with Gasteiger partial charge in [-0.25, -0.2) is 0 Å². The van der Waals surface area contributed by atoms with Gasteiger partial charge in [-0.15, -0.1) is 0 Å². The lowest BCUT2D eigenvalue weighted by Crippen LogP contribution is -2.45. The van der Waals surface area contributed by atoms with Crippen LogP contribution in [0.15, 0.2) is 18.2 Å². The second kappa shape index (κ2) is 9.42. The van der Waals surface area contributed by atoms with Crippen LogP contribution >= 0.6 is 11.6 Å². The first kappa shape index (κ1) is 20.0. The number of hydrogen-bond acceptors (Lipinski definition) is 4. The minimum atomic E-state index is -0.631. The van der Waals surface area contributed by atoms with Gasteiger partial charge in [-0.3, -0.25) is 9.59 Å². The lowest BCUT2D eigenvalue weighted by molar-refractivity contribution is -0.131. The molecule has 1 aliphatic heterocycles. The summed E-state index contributed by atoms with van der Waals surface area (Å²) in [6.07, 6.45) is 6.10. The Labute approximate surface area is 164 Å². The highest BCUT2D eigenvalue weighted by Gasteiger charge is 2.25. The van der Waals surface area contributed by atoms with Crippen LogP contribution in [0, 0.1) is 5.92 Å². The zero-order valence-electron chi connectivity index (χ0n) is 15.6. The molecule has 2 fully saturated rings. The highest BCUT2D eigenvalue weighted by Crippen LogP contribution is 2.31. The molecule has 2 N–H and O–H groups in total. The molecule has 27 heavy (non-hydrogen) atoms. The van der Waals surface area contributed by atoms with Crippen molar-refractivity contribution in [3.63, 3.8) is 0 Å². The van der Waals surface area contributed by atoms with Crippen LogP contribution in [0.25, 0.3) is 0 Å². The summed E-state index contributed by atoms with van der Waals surface area (Å²) in [7, 11) is 0. The average molecular weight is 395 g/mol. The molecular formula is C20H27ClN2O4. The van der Waals surface area contributed by atoms with Gasteiger partial charge in [0.25, 0.3) is 0 Å². The Hall–Kier alpha value is -1.79. The fraction of sp³-hybridized carbons (Fsp3) is 0.600. The molecule has 1 heterocycles. The summed E-state index contributed by atoms with van der Waals surface area (Å²) in [6, 6.07) is 4.59. The van der Waals surface area contributed by atoms with Crippen LogP contribution < -0.4 is 15.4 Å². The summed E-state index contributed by atoms with van der Waals surface area (Å²) < 4.78 is 11.2. The molecular weight excluding hydrogens is 368 g/mol. The molecule has 2 amide bonds. The zero-order valence-corrected chi connectivity index (χ0v) is 16.4. The van der Waals surface area contributed by atoms with Gasteiger partial charge in [-0.1, -0.05) is 11.6 Å². The normalized spacial score (nSPS) is 19.5.